The van der Waals surface area contributed by atoms with E-state index in [1.54, 1.807) is 10.9 Å². The molecule has 6 heteroatoms. The number of fused-ring (bicyclic) bond motifs is 1. The fourth-order valence-electron chi connectivity index (χ4n) is 2.89. The summed E-state index contributed by atoms with van der Waals surface area (Å²) in [5.41, 5.74) is 2.06. The van der Waals surface area contributed by atoms with E-state index < -0.39 is 0 Å². The molecule has 23 heavy (non-hydrogen) atoms. The van der Waals surface area contributed by atoms with Gasteiger partial charge in [-0.1, -0.05) is 20.8 Å². The molecule has 1 atom stereocenters. The minimum absolute atomic E-state index is 0.104. The third-order valence-corrected chi connectivity index (χ3v) is 4.05. The summed E-state index contributed by atoms with van der Waals surface area (Å²) in [4.78, 5) is 23.6. The highest BCUT2D eigenvalue weighted by Crippen LogP contribution is 2.23. The molecule has 0 N–H and O–H groups in total. The molecular weight excluding hydrogens is 290 g/mol. The third kappa shape index (κ3) is 3.57. The molecule has 6 nitrogen and oxygen atoms in total. The van der Waals surface area contributed by atoms with Crippen LogP contribution >= 0.6 is 0 Å². The lowest BCUT2D eigenvalue weighted by molar-refractivity contribution is -0.136. The number of nitrogens with zero attached hydrogens (tertiary/aromatic N) is 5. The van der Waals surface area contributed by atoms with Crippen molar-refractivity contribution in [1.82, 2.24) is 24.6 Å². The molecule has 0 fully saturated rings. The van der Waals surface area contributed by atoms with Crippen molar-refractivity contribution < 1.29 is 4.79 Å². The van der Waals surface area contributed by atoms with E-state index in [0.717, 1.165) is 23.5 Å². The summed E-state index contributed by atoms with van der Waals surface area (Å²) in [5.74, 6) is 1.44. The van der Waals surface area contributed by atoms with Crippen molar-refractivity contribution in [2.24, 2.45) is 11.8 Å². The second-order valence-corrected chi connectivity index (χ2v) is 6.68. The van der Waals surface area contributed by atoms with Crippen molar-refractivity contribution in [2.45, 2.75) is 46.8 Å². The molecule has 0 radical (unpaired) electrons. The van der Waals surface area contributed by atoms with Gasteiger partial charge in [0.2, 0.25) is 5.91 Å². The number of hydrogen-bond donors (Lipinski definition) is 0. The maximum atomic E-state index is 12.6. The second-order valence-electron chi connectivity index (χ2n) is 6.68. The van der Waals surface area contributed by atoms with Crippen LogP contribution in [0.25, 0.3) is 0 Å². The number of hydrogen-bond acceptors (Lipinski definition) is 4. The Morgan fingerprint density at radius 3 is 2.83 bits per heavy atom. The van der Waals surface area contributed by atoms with Crippen molar-refractivity contribution in [3.05, 3.63) is 41.7 Å². The topological polar surface area (TPSA) is 63.9 Å². The van der Waals surface area contributed by atoms with Gasteiger partial charge in [-0.05, 0) is 12.0 Å². The molecule has 2 aromatic heterocycles. The summed E-state index contributed by atoms with van der Waals surface area (Å²) >= 11 is 0. The van der Waals surface area contributed by atoms with Gasteiger partial charge in [0.05, 0.1) is 24.7 Å². The van der Waals surface area contributed by atoms with Crippen molar-refractivity contribution in [1.29, 1.82) is 0 Å². The molecule has 1 aliphatic rings. The van der Waals surface area contributed by atoms with E-state index in [4.69, 9.17) is 0 Å². The summed E-state index contributed by atoms with van der Waals surface area (Å²) in [6.45, 7) is 8.06. The number of amides is 1. The molecule has 3 heterocycles. The Labute approximate surface area is 136 Å². The molecule has 2 aromatic rings. The van der Waals surface area contributed by atoms with Crippen LogP contribution in [0.15, 0.2) is 24.7 Å². The molecule has 3 rings (SSSR count). The molecule has 0 aliphatic carbocycles. The maximum Gasteiger partial charge on any atom is 0.227 e. The summed E-state index contributed by atoms with van der Waals surface area (Å²) in [6.07, 6.45) is 6.36. The number of rotatable bonds is 5. The Morgan fingerprint density at radius 2 is 2.13 bits per heavy atom. The fourth-order valence-corrected chi connectivity index (χ4v) is 2.89. The standard InChI is InChI=1S/C17H23N5O/c1-12(2)7-16-18-8-14-10-21(11-15(14)20-16)17(23)13(3)9-22-6-4-5-19-22/h4-6,8,12-13H,7,9-11H2,1-3H3/t13-/m1/s1. The number of carbonyl (C=O) groups excluding carboxylic acids is 1. The quantitative estimate of drug-likeness (QED) is 0.847. The van der Waals surface area contributed by atoms with Crippen LogP contribution in [-0.2, 0) is 30.8 Å². The number of aromatic nitrogens is 4. The summed E-state index contributed by atoms with van der Waals surface area (Å²) in [7, 11) is 0. The molecule has 0 saturated carbocycles. The Hall–Kier alpha value is -2.24. The van der Waals surface area contributed by atoms with Crippen LogP contribution in [0.5, 0.6) is 0 Å². The zero-order valence-electron chi connectivity index (χ0n) is 13.9. The highest BCUT2D eigenvalue weighted by molar-refractivity contribution is 5.79. The van der Waals surface area contributed by atoms with Gasteiger partial charge in [0, 0.05) is 37.1 Å². The third-order valence-electron chi connectivity index (χ3n) is 4.05. The van der Waals surface area contributed by atoms with Crippen LogP contribution < -0.4 is 0 Å². The Kier molecular flexibility index (Phi) is 4.41. The van der Waals surface area contributed by atoms with Gasteiger partial charge in [-0.25, -0.2) is 9.97 Å². The van der Waals surface area contributed by atoms with Gasteiger partial charge in [-0.15, -0.1) is 0 Å². The van der Waals surface area contributed by atoms with Gasteiger partial charge in [0.25, 0.3) is 0 Å². The van der Waals surface area contributed by atoms with Gasteiger partial charge < -0.3 is 4.90 Å². The maximum absolute atomic E-state index is 12.6. The van der Waals surface area contributed by atoms with Crippen molar-refractivity contribution in [3.8, 4) is 0 Å². The Balaban J connectivity index is 1.65. The van der Waals surface area contributed by atoms with Crippen molar-refractivity contribution in [3.63, 3.8) is 0 Å². The van der Waals surface area contributed by atoms with E-state index in [9.17, 15) is 4.79 Å². The van der Waals surface area contributed by atoms with Crippen molar-refractivity contribution in [2.75, 3.05) is 0 Å². The Morgan fingerprint density at radius 1 is 1.30 bits per heavy atom. The van der Waals surface area contributed by atoms with Gasteiger partial charge >= 0.3 is 0 Å². The smallest absolute Gasteiger partial charge is 0.227 e. The fraction of sp³-hybridized carbons (Fsp3) is 0.529. The van der Waals surface area contributed by atoms with E-state index in [1.807, 2.05) is 30.3 Å². The lowest BCUT2D eigenvalue weighted by atomic mass is 10.1. The van der Waals surface area contributed by atoms with Crippen molar-refractivity contribution >= 4 is 5.91 Å². The van der Waals surface area contributed by atoms with Gasteiger partial charge in [0.15, 0.2) is 0 Å². The molecule has 0 aromatic carbocycles. The predicted octanol–water partition coefficient (Wildman–Crippen LogP) is 2.05. The first kappa shape index (κ1) is 15.6. The normalized spacial score (nSPS) is 15.0. The number of carbonyl (C=O) groups is 1. The van der Waals surface area contributed by atoms with Gasteiger partial charge in [0.1, 0.15) is 5.82 Å². The summed E-state index contributed by atoms with van der Waals surface area (Å²) < 4.78 is 1.80. The lowest BCUT2D eigenvalue weighted by Gasteiger charge is -2.20. The molecule has 1 aliphatic heterocycles. The van der Waals surface area contributed by atoms with E-state index in [1.165, 1.54) is 0 Å². The van der Waals surface area contributed by atoms with Crippen LogP contribution in [0, 0.1) is 11.8 Å². The first-order valence-electron chi connectivity index (χ1n) is 8.13. The molecular formula is C17H23N5O. The summed E-state index contributed by atoms with van der Waals surface area (Å²) in [6, 6.07) is 1.87. The largest absolute Gasteiger partial charge is 0.332 e. The monoisotopic (exact) mass is 313 g/mol. The molecule has 0 spiro atoms. The average Bonchev–Trinajstić information content (AvgIpc) is 3.14. The molecule has 0 saturated heterocycles. The molecule has 1 amide bonds. The zero-order valence-corrected chi connectivity index (χ0v) is 13.9. The van der Waals surface area contributed by atoms with E-state index in [-0.39, 0.29) is 11.8 Å². The zero-order chi connectivity index (χ0) is 16.4. The van der Waals surface area contributed by atoms with Gasteiger partial charge in [-0.2, -0.15) is 5.10 Å². The van der Waals surface area contributed by atoms with Crippen LogP contribution in [0.1, 0.15) is 37.9 Å². The van der Waals surface area contributed by atoms with Crippen LogP contribution in [0.4, 0.5) is 0 Å². The lowest BCUT2D eigenvalue weighted by Crippen LogP contribution is -2.32. The van der Waals surface area contributed by atoms with Crippen LogP contribution in [0.3, 0.4) is 0 Å². The molecule has 0 unspecified atom stereocenters. The van der Waals surface area contributed by atoms with E-state index >= 15 is 0 Å². The highest BCUT2D eigenvalue weighted by atomic mass is 16.2. The molecule has 0 bridgehead atoms. The first-order valence-corrected chi connectivity index (χ1v) is 8.13. The van der Waals surface area contributed by atoms with Crippen LogP contribution in [0.2, 0.25) is 0 Å². The van der Waals surface area contributed by atoms with E-state index in [2.05, 4.69) is 28.9 Å². The Bertz CT molecular complexity index is 680. The minimum atomic E-state index is -0.104. The van der Waals surface area contributed by atoms with Crippen LogP contribution in [-0.4, -0.2) is 30.6 Å². The summed E-state index contributed by atoms with van der Waals surface area (Å²) in [5, 5.41) is 4.17. The van der Waals surface area contributed by atoms with E-state index in [0.29, 0.717) is 25.6 Å². The average molecular weight is 313 g/mol. The highest BCUT2D eigenvalue weighted by Gasteiger charge is 2.28. The molecule has 122 valence electrons. The predicted molar refractivity (Wildman–Crippen MR) is 86.2 cm³/mol. The van der Waals surface area contributed by atoms with Gasteiger partial charge in [-0.3, -0.25) is 9.48 Å². The second kappa shape index (κ2) is 6.48. The SMILES string of the molecule is CC(C)Cc1ncc2c(n1)CN(C(=O)[C@H](C)Cn1cccn1)C2. The first-order chi connectivity index (χ1) is 11.0. The minimum Gasteiger partial charge on any atom is -0.332 e.